The number of likely N-dealkylation sites (tertiary alicyclic amines) is 1. The lowest BCUT2D eigenvalue weighted by Crippen LogP contribution is -2.33. The Bertz CT molecular complexity index is 1110. The van der Waals surface area contributed by atoms with Gasteiger partial charge in [-0.05, 0) is 86.2 Å². The Morgan fingerprint density at radius 3 is 2.50 bits per heavy atom. The standard InChI is InChI=1S/C24H23Cl2N3O2S/c25-17-6-9-20(26)19(14-17)21-10-11-22(31-21)23(30)28-24(32)27-18-7-4-16(5-8-18)15-29-12-2-1-3-13-29/h4-11,14H,1-3,12-13,15H2,(H2,27,28,30,32). The van der Waals surface area contributed by atoms with Crippen molar-refractivity contribution in [2.45, 2.75) is 25.8 Å². The Kier molecular flexibility index (Phi) is 7.48. The molecule has 1 amide bonds. The first-order chi connectivity index (χ1) is 15.5. The molecule has 0 unspecified atom stereocenters. The molecule has 0 saturated carbocycles. The summed E-state index contributed by atoms with van der Waals surface area (Å²) >= 11 is 17.5. The van der Waals surface area contributed by atoms with Crippen molar-refractivity contribution < 1.29 is 9.21 Å². The zero-order valence-corrected chi connectivity index (χ0v) is 19.7. The summed E-state index contributed by atoms with van der Waals surface area (Å²) in [6.07, 6.45) is 3.88. The number of carbonyl (C=O) groups is 1. The molecule has 3 aromatic rings. The number of benzene rings is 2. The Labute approximate surface area is 202 Å². The van der Waals surface area contributed by atoms with Gasteiger partial charge in [0.1, 0.15) is 5.76 Å². The second kappa shape index (κ2) is 10.5. The largest absolute Gasteiger partial charge is 0.451 e. The molecule has 8 heteroatoms. The zero-order chi connectivity index (χ0) is 22.5. The quantitative estimate of drug-likeness (QED) is 0.409. The average molecular weight is 488 g/mol. The van der Waals surface area contributed by atoms with Crippen molar-refractivity contribution in [1.82, 2.24) is 10.2 Å². The van der Waals surface area contributed by atoms with Crippen LogP contribution < -0.4 is 10.6 Å². The fraction of sp³-hybridized carbons (Fsp3) is 0.250. The van der Waals surface area contributed by atoms with Gasteiger partial charge in [0, 0.05) is 22.8 Å². The van der Waals surface area contributed by atoms with E-state index in [-0.39, 0.29) is 10.9 Å². The van der Waals surface area contributed by atoms with Gasteiger partial charge in [-0.25, -0.2) is 0 Å². The van der Waals surface area contributed by atoms with Gasteiger partial charge in [0.15, 0.2) is 10.9 Å². The van der Waals surface area contributed by atoms with Crippen molar-refractivity contribution in [3.63, 3.8) is 0 Å². The van der Waals surface area contributed by atoms with Crippen molar-refractivity contribution in [1.29, 1.82) is 0 Å². The molecular formula is C24H23Cl2N3O2S. The van der Waals surface area contributed by atoms with Crippen LogP contribution in [-0.2, 0) is 6.54 Å². The minimum absolute atomic E-state index is 0.122. The van der Waals surface area contributed by atoms with Crippen LogP contribution in [0.4, 0.5) is 5.69 Å². The van der Waals surface area contributed by atoms with E-state index in [1.807, 2.05) is 12.1 Å². The van der Waals surface area contributed by atoms with Crippen molar-refractivity contribution in [2.75, 3.05) is 18.4 Å². The Balaban J connectivity index is 1.32. The number of furan rings is 1. The SMILES string of the molecule is O=C(NC(=S)Nc1ccc(CN2CCCCC2)cc1)c1ccc(-c2cc(Cl)ccc2Cl)o1. The van der Waals surface area contributed by atoms with Gasteiger partial charge in [-0.1, -0.05) is 41.8 Å². The van der Waals surface area contributed by atoms with Crippen LogP contribution in [0.15, 0.2) is 59.0 Å². The van der Waals surface area contributed by atoms with Gasteiger partial charge in [0.2, 0.25) is 0 Å². The van der Waals surface area contributed by atoms with Gasteiger partial charge in [0.05, 0.1) is 5.02 Å². The van der Waals surface area contributed by atoms with Crippen LogP contribution in [-0.4, -0.2) is 29.0 Å². The van der Waals surface area contributed by atoms with E-state index in [2.05, 4.69) is 27.7 Å². The number of rotatable bonds is 5. The fourth-order valence-electron chi connectivity index (χ4n) is 3.69. The van der Waals surface area contributed by atoms with Crippen LogP contribution in [0.25, 0.3) is 11.3 Å². The highest BCUT2D eigenvalue weighted by molar-refractivity contribution is 7.80. The molecule has 1 saturated heterocycles. The first kappa shape index (κ1) is 22.8. The number of carbonyl (C=O) groups excluding carboxylic acids is 1. The number of piperidine rings is 1. The molecule has 0 bridgehead atoms. The van der Waals surface area contributed by atoms with E-state index in [0.717, 1.165) is 25.3 Å². The number of hydrogen-bond acceptors (Lipinski definition) is 4. The summed E-state index contributed by atoms with van der Waals surface area (Å²) in [6, 6.07) is 16.4. The molecule has 4 rings (SSSR count). The zero-order valence-electron chi connectivity index (χ0n) is 17.4. The molecule has 1 aliphatic heterocycles. The van der Waals surface area contributed by atoms with Crippen LogP contribution in [0.2, 0.25) is 10.0 Å². The predicted octanol–water partition coefficient (Wildman–Crippen LogP) is 6.37. The van der Waals surface area contributed by atoms with Crippen molar-refractivity contribution in [2.24, 2.45) is 0 Å². The number of hydrogen-bond donors (Lipinski definition) is 2. The maximum Gasteiger partial charge on any atom is 0.293 e. The Hall–Kier alpha value is -2.38. The number of amides is 1. The van der Waals surface area contributed by atoms with E-state index in [1.165, 1.54) is 24.8 Å². The molecule has 1 fully saturated rings. The Morgan fingerprint density at radius 2 is 1.75 bits per heavy atom. The van der Waals surface area contributed by atoms with Crippen LogP contribution in [0.5, 0.6) is 0 Å². The van der Waals surface area contributed by atoms with Crippen molar-refractivity contribution in [3.8, 4) is 11.3 Å². The highest BCUT2D eigenvalue weighted by atomic mass is 35.5. The summed E-state index contributed by atoms with van der Waals surface area (Å²) < 4.78 is 5.66. The number of nitrogens with one attached hydrogen (secondary N) is 2. The van der Waals surface area contributed by atoms with E-state index in [0.29, 0.717) is 21.4 Å². The second-order valence-electron chi connectivity index (χ2n) is 7.73. The fourth-order valence-corrected chi connectivity index (χ4v) is 4.28. The molecule has 2 heterocycles. The van der Waals surface area contributed by atoms with Crippen LogP contribution in [0, 0.1) is 0 Å². The lowest BCUT2D eigenvalue weighted by atomic mass is 10.1. The molecule has 2 N–H and O–H groups in total. The summed E-state index contributed by atoms with van der Waals surface area (Å²) in [5, 5.41) is 6.87. The summed E-state index contributed by atoms with van der Waals surface area (Å²) in [4.78, 5) is 15.0. The summed E-state index contributed by atoms with van der Waals surface area (Å²) in [5.41, 5.74) is 2.68. The summed E-state index contributed by atoms with van der Waals surface area (Å²) in [6.45, 7) is 3.28. The van der Waals surface area contributed by atoms with E-state index < -0.39 is 5.91 Å². The molecule has 1 aromatic heterocycles. The number of anilines is 1. The maximum absolute atomic E-state index is 12.5. The van der Waals surface area contributed by atoms with Gasteiger partial charge < -0.3 is 9.73 Å². The monoisotopic (exact) mass is 487 g/mol. The topological polar surface area (TPSA) is 57.5 Å². The highest BCUT2D eigenvalue weighted by Crippen LogP contribution is 2.31. The molecule has 2 aromatic carbocycles. The normalized spacial score (nSPS) is 14.2. The molecule has 166 valence electrons. The molecule has 1 aliphatic rings. The molecule has 0 radical (unpaired) electrons. The minimum Gasteiger partial charge on any atom is -0.451 e. The van der Waals surface area contributed by atoms with Crippen LogP contribution in [0.3, 0.4) is 0 Å². The lowest BCUT2D eigenvalue weighted by molar-refractivity contribution is 0.0951. The smallest absolute Gasteiger partial charge is 0.293 e. The summed E-state index contributed by atoms with van der Waals surface area (Å²) in [5.74, 6) is 0.122. The average Bonchev–Trinajstić information content (AvgIpc) is 3.28. The van der Waals surface area contributed by atoms with Crippen molar-refractivity contribution in [3.05, 3.63) is 76.0 Å². The third-order valence-electron chi connectivity index (χ3n) is 5.32. The molecule has 0 atom stereocenters. The predicted molar refractivity (Wildman–Crippen MR) is 133 cm³/mol. The van der Waals surface area contributed by atoms with E-state index in [1.54, 1.807) is 30.3 Å². The van der Waals surface area contributed by atoms with Crippen LogP contribution in [0.1, 0.15) is 35.4 Å². The molecular weight excluding hydrogens is 465 g/mol. The number of halogens is 2. The lowest BCUT2D eigenvalue weighted by Gasteiger charge is -2.26. The van der Waals surface area contributed by atoms with E-state index in [4.69, 9.17) is 39.8 Å². The minimum atomic E-state index is -0.450. The third kappa shape index (κ3) is 5.90. The highest BCUT2D eigenvalue weighted by Gasteiger charge is 2.16. The molecule has 5 nitrogen and oxygen atoms in total. The van der Waals surface area contributed by atoms with Crippen LogP contribution >= 0.6 is 35.4 Å². The molecule has 0 aliphatic carbocycles. The van der Waals surface area contributed by atoms with Gasteiger partial charge in [-0.15, -0.1) is 0 Å². The second-order valence-corrected chi connectivity index (χ2v) is 8.98. The van der Waals surface area contributed by atoms with Gasteiger partial charge in [-0.3, -0.25) is 15.0 Å². The molecule has 32 heavy (non-hydrogen) atoms. The molecule has 0 spiro atoms. The maximum atomic E-state index is 12.5. The third-order valence-corrected chi connectivity index (χ3v) is 6.09. The van der Waals surface area contributed by atoms with E-state index >= 15 is 0 Å². The number of thiocarbonyl (C=S) groups is 1. The summed E-state index contributed by atoms with van der Waals surface area (Å²) in [7, 11) is 0. The van der Waals surface area contributed by atoms with Crippen molar-refractivity contribution >= 4 is 52.1 Å². The van der Waals surface area contributed by atoms with Gasteiger partial charge in [0.25, 0.3) is 5.91 Å². The van der Waals surface area contributed by atoms with Gasteiger partial charge >= 0.3 is 0 Å². The first-order valence-electron chi connectivity index (χ1n) is 10.5. The number of nitrogens with zero attached hydrogens (tertiary/aromatic N) is 1. The van der Waals surface area contributed by atoms with E-state index in [9.17, 15) is 4.79 Å². The van der Waals surface area contributed by atoms with Gasteiger partial charge in [-0.2, -0.15) is 0 Å². The first-order valence-corrected chi connectivity index (χ1v) is 11.6. The Morgan fingerprint density at radius 1 is 1.00 bits per heavy atom.